The maximum atomic E-state index is 12.6. The highest BCUT2D eigenvalue weighted by Crippen LogP contribution is 2.25. The third-order valence-electron chi connectivity index (χ3n) is 4.79. The molecule has 1 N–H and O–H groups in total. The molecule has 4 aromatic rings. The summed E-state index contributed by atoms with van der Waals surface area (Å²) in [7, 11) is 0. The van der Waals surface area contributed by atoms with Gasteiger partial charge < -0.3 is 10.1 Å². The average molecular weight is 452 g/mol. The third-order valence-corrected chi connectivity index (χ3v) is 6.01. The predicted octanol–water partition coefficient (Wildman–Crippen LogP) is 6.09. The second kappa shape index (κ2) is 9.37. The maximum absolute atomic E-state index is 12.6. The largest absolute Gasteiger partial charge is 0.488 e. The molecule has 0 aliphatic rings. The second-order valence-corrected chi connectivity index (χ2v) is 8.69. The molecular formula is C24H22ClN3O2S. The van der Waals surface area contributed by atoms with Gasteiger partial charge in [0.25, 0.3) is 5.91 Å². The fourth-order valence-electron chi connectivity index (χ4n) is 3.28. The maximum Gasteiger partial charge on any atom is 0.265 e. The van der Waals surface area contributed by atoms with E-state index < -0.39 is 0 Å². The van der Waals surface area contributed by atoms with Crippen molar-refractivity contribution in [3.63, 3.8) is 0 Å². The van der Waals surface area contributed by atoms with E-state index in [1.807, 2.05) is 67.8 Å². The molecule has 2 heterocycles. The number of hydrogen-bond acceptors (Lipinski definition) is 4. The number of ether oxygens (including phenoxy) is 1. The Bertz CT molecular complexity index is 1190. The summed E-state index contributed by atoms with van der Waals surface area (Å²) in [6.07, 6.45) is 3.44. The van der Waals surface area contributed by atoms with Crippen molar-refractivity contribution in [2.24, 2.45) is 0 Å². The van der Waals surface area contributed by atoms with E-state index in [1.54, 1.807) is 17.1 Å². The van der Waals surface area contributed by atoms with E-state index in [1.165, 1.54) is 11.3 Å². The van der Waals surface area contributed by atoms with Crippen molar-refractivity contribution in [3.8, 4) is 5.75 Å². The first-order valence-electron chi connectivity index (χ1n) is 9.82. The number of carbonyl (C=O) groups is 1. The van der Waals surface area contributed by atoms with E-state index in [4.69, 9.17) is 16.3 Å². The first-order valence-corrected chi connectivity index (χ1v) is 11.1. The molecule has 158 valence electrons. The number of halogens is 1. The van der Waals surface area contributed by atoms with Crippen LogP contribution in [-0.2, 0) is 13.2 Å². The van der Waals surface area contributed by atoms with Gasteiger partial charge in [-0.15, -0.1) is 11.3 Å². The van der Waals surface area contributed by atoms with Crippen LogP contribution in [0.5, 0.6) is 5.75 Å². The number of rotatable bonds is 7. The van der Waals surface area contributed by atoms with Crippen LogP contribution in [0.1, 0.15) is 31.9 Å². The van der Waals surface area contributed by atoms with Crippen molar-refractivity contribution in [1.82, 2.24) is 9.78 Å². The highest BCUT2D eigenvalue weighted by Gasteiger charge is 2.12. The van der Waals surface area contributed by atoms with E-state index in [-0.39, 0.29) is 5.91 Å². The molecule has 31 heavy (non-hydrogen) atoms. The zero-order valence-electron chi connectivity index (χ0n) is 17.3. The Hall–Kier alpha value is -3.09. The molecule has 4 rings (SSSR count). The Morgan fingerprint density at radius 2 is 1.90 bits per heavy atom. The molecular weight excluding hydrogens is 430 g/mol. The van der Waals surface area contributed by atoms with Crippen LogP contribution < -0.4 is 10.1 Å². The molecule has 0 radical (unpaired) electrons. The highest BCUT2D eigenvalue weighted by molar-refractivity contribution is 7.12. The monoisotopic (exact) mass is 451 g/mol. The van der Waals surface area contributed by atoms with Gasteiger partial charge in [0.05, 0.1) is 23.3 Å². The lowest BCUT2D eigenvalue weighted by Crippen LogP contribution is -2.09. The Labute approximate surface area is 190 Å². The number of aromatic nitrogens is 2. The van der Waals surface area contributed by atoms with Gasteiger partial charge in [0.15, 0.2) is 0 Å². The lowest BCUT2D eigenvalue weighted by molar-refractivity contribution is 0.103. The number of benzene rings is 2. The molecule has 2 aromatic heterocycles. The molecule has 1 amide bonds. The minimum atomic E-state index is -0.161. The molecule has 0 bridgehead atoms. The lowest BCUT2D eigenvalue weighted by Gasteiger charge is -2.10. The van der Waals surface area contributed by atoms with Crippen molar-refractivity contribution in [3.05, 3.63) is 98.5 Å². The number of hydrogen-bond donors (Lipinski definition) is 1. The van der Waals surface area contributed by atoms with Gasteiger partial charge in [0.2, 0.25) is 0 Å². The smallest absolute Gasteiger partial charge is 0.265 e. The van der Waals surface area contributed by atoms with Crippen molar-refractivity contribution in [2.45, 2.75) is 27.0 Å². The van der Waals surface area contributed by atoms with Crippen molar-refractivity contribution in [2.75, 3.05) is 5.32 Å². The first-order chi connectivity index (χ1) is 15.0. The summed E-state index contributed by atoms with van der Waals surface area (Å²) < 4.78 is 7.75. The molecule has 2 aromatic carbocycles. The third kappa shape index (κ3) is 5.34. The summed E-state index contributed by atoms with van der Waals surface area (Å²) in [4.78, 5) is 13.3. The Morgan fingerprint density at radius 1 is 1.13 bits per heavy atom. The zero-order valence-corrected chi connectivity index (χ0v) is 18.8. The van der Waals surface area contributed by atoms with Gasteiger partial charge in [-0.2, -0.15) is 5.10 Å². The molecule has 0 atom stereocenters. The molecule has 0 unspecified atom stereocenters. The normalized spacial score (nSPS) is 10.8. The molecule has 7 heteroatoms. The summed E-state index contributed by atoms with van der Waals surface area (Å²) in [6.45, 7) is 5.06. The minimum absolute atomic E-state index is 0.161. The Morgan fingerprint density at radius 3 is 2.68 bits per heavy atom. The highest BCUT2D eigenvalue weighted by atomic mass is 35.5. The number of carbonyl (C=O) groups excluding carboxylic acids is 1. The molecule has 0 aliphatic carbocycles. The summed E-state index contributed by atoms with van der Waals surface area (Å²) >= 11 is 7.43. The fraction of sp³-hybridized carbons (Fsp3) is 0.167. The number of nitrogens with zero attached hydrogens (tertiary/aromatic N) is 2. The topological polar surface area (TPSA) is 56.1 Å². The number of nitrogens with one attached hydrogen (secondary N) is 1. The molecule has 0 spiro atoms. The van der Waals surface area contributed by atoms with E-state index in [0.29, 0.717) is 28.7 Å². The molecule has 0 aliphatic heterocycles. The second-order valence-electron chi connectivity index (χ2n) is 7.34. The van der Waals surface area contributed by atoms with Crippen molar-refractivity contribution in [1.29, 1.82) is 0 Å². The van der Waals surface area contributed by atoms with Crippen molar-refractivity contribution >= 4 is 34.5 Å². The first kappa shape index (κ1) is 21.2. The zero-order chi connectivity index (χ0) is 21.8. The van der Waals surface area contributed by atoms with Crippen LogP contribution in [0.15, 0.2) is 66.3 Å². The molecule has 0 fully saturated rings. The van der Waals surface area contributed by atoms with Crippen LogP contribution in [0.2, 0.25) is 5.02 Å². The average Bonchev–Trinajstić information content (AvgIpc) is 3.37. The lowest BCUT2D eigenvalue weighted by atomic mass is 10.1. The predicted molar refractivity (Wildman–Crippen MR) is 125 cm³/mol. The summed E-state index contributed by atoms with van der Waals surface area (Å²) in [5.74, 6) is 0.734. The SMILES string of the molecule is Cc1cccc(C)c1OCc1csc(C(=O)Nc2cnn(Cc3cccc(Cl)c3)c2)c1. The standard InChI is InChI=1S/C24H22ClN3O2S/c1-16-5-3-6-17(2)23(16)30-14-19-10-22(31-15-19)24(29)27-21-11-26-28(13-21)12-18-7-4-8-20(25)9-18/h3-11,13,15H,12,14H2,1-2H3,(H,27,29). The van der Waals surface area contributed by atoms with E-state index >= 15 is 0 Å². The van der Waals surface area contributed by atoms with Crippen LogP contribution in [0.4, 0.5) is 5.69 Å². The quantitative estimate of drug-likeness (QED) is 0.369. The van der Waals surface area contributed by atoms with Gasteiger partial charge in [-0.1, -0.05) is 41.9 Å². The summed E-state index contributed by atoms with van der Waals surface area (Å²) in [6, 6.07) is 15.6. The minimum Gasteiger partial charge on any atom is -0.488 e. The van der Waals surface area contributed by atoms with Crippen LogP contribution in [0.25, 0.3) is 0 Å². The van der Waals surface area contributed by atoms with Crippen molar-refractivity contribution < 1.29 is 9.53 Å². The van der Waals surface area contributed by atoms with Crippen LogP contribution in [0, 0.1) is 13.8 Å². The van der Waals surface area contributed by atoms with Crippen LogP contribution in [-0.4, -0.2) is 15.7 Å². The number of anilines is 1. The molecule has 0 saturated heterocycles. The summed E-state index contributed by atoms with van der Waals surface area (Å²) in [5, 5.41) is 9.85. The van der Waals surface area contributed by atoms with Gasteiger partial charge in [0.1, 0.15) is 12.4 Å². The molecule has 0 saturated carbocycles. The number of aryl methyl sites for hydroxylation is 2. The van der Waals surface area contributed by atoms with Gasteiger partial charge in [-0.05, 0) is 54.1 Å². The van der Waals surface area contributed by atoms with E-state index in [0.717, 1.165) is 28.0 Å². The van der Waals surface area contributed by atoms with E-state index in [9.17, 15) is 4.79 Å². The molecule has 5 nitrogen and oxygen atoms in total. The van der Waals surface area contributed by atoms with Gasteiger partial charge in [0, 0.05) is 16.8 Å². The number of thiophene rings is 1. The Kier molecular flexibility index (Phi) is 6.39. The fourth-order valence-corrected chi connectivity index (χ4v) is 4.29. The van der Waals surface area contributed by atoms with Crippen LogP contribution in [0.3, 0.4) is 0 Å². The van der Waals surface area contributed by atoms with E-state index in [2.05, 4.69) is 10.4 Å². The van der Waals surface area contributed by atoms with Gasteiger partial charge in [-0.25, -0.2) is 0 Å². The number of amides is 1. The van der Waals surface area contributed by atoms with Gasteiger partial charge >= 0.3 is 0 Å². The summed E-state index contributed by atoms with van der Waals surface area (Å²) in [5.41, 5.74) is 4.86. The van der Waals surface area contributed by atoms with Gasteiger partial charge in [-0.3, -0.25) is 9.48 Å². The Balaban J connectivity index is 1.35. The van der Waals surface area contributed by atoms with Crippen LogP contribution >= 0.6 is 22.9 Å². The number of para-hydroxylation sites is 1.